The fourth-order valence-electron chi connectivity index (χ4n) is 2.09. The Morgan fingerprint density at radius 3 is 2.75 bits per heavy atom. The number of hydrogen-bond acceptors (Lipinski definition) is 3. The first-order chi connectivity index (χ1) is 7.56. The predicted octanol–water partition coefficient (Wildman–Crippen LogP) is 1.88. The molecule has 88 valence electrons. The van der Waals surface area contributed by atoms with Crippen LogP contribution in [0.2, 0.25) is 0 Å². The van der Waals surface area contributed by atoms with E-state index in [0.29, 0.717) is 6.04 Å². The molecular formula is C12H17NO3. The van der Waals surface area contributed by atoms with E-state index in [1.54, 1.807) is 0 Å². The lowest BCUT2D eigenvalue weighted by atomic mass is 9.79. The van der Waals surface area contributed by atoms with E-state index in [4.69, 9.17) is 9.52 Å². The van der Waals surface area contributed by atoms with Crippen molar-refractivity contribution >= 4 is 5.97 Å². The molecule has 1 saturated carbocycles. The molecule has 0 amide bonds. The zero-order valence-corrected chi connectivity index (χ0v) is 9.64. The van der Waals surface area contributed by atoms with E-state index in [1.807, 2.05) is 26.1 Å². The third kappa shape index (κ3) is 2.27. The summed E-state index contributed by atoms with van der Waals surface area (Å²) < 4.78 is 5.49. The van der Waals surface area contributed by atoms with Gasteiger partial charge in [0, 0.05) is 6.04 Å². The smallest absolute Gasteiger partial charge is 0.306 e. The molecule has 4 heteroatoms. The second-order valence-electron chi connectivity index (χ2n) is 4.59. The summed E-state index contributed by atoms with van der Waals surface area (Å²) in [6.07, 6.45) is 1.51. The molecule has 1 aromatic heterocycles. The van der Waals surface area contributed by atoms with Gasteiger partial charge in [0.1, 0.15) is 11.5 Å². The molecule has 0 radical (unpaired) electrons. The average Bonchev–Trinajstić information content (AvgIpc) is 2.47. The van der Waals surface area contributed by atoms with E-state index in [0.717, 1.165) is 30.9 Å². The summed E-state index contributed by atoms with van der Waals surface area (Å²) in [5.41, 5.74) is 0. The number of aliphatic carboxylic acids is 1. The van der Waals surface area contributed by atoms with Crippen LogP contribution in [-0.4, -0.2) is 29.1 Å². The molecular weight excluding hydrogens is 206 g/mol. The molecule has 16 heavy (non-hydrogen) atoms. The van der Waals surface area contributed by atoms with Crippen LogP contribution < -0.4 is 0 Å². The molecule has 0 aliphatic heterocycles. The van der Waals surface area contributed by atoms with E-state index < -0.39 is 5.97 Å². The van der Waals surface area contributed by atoms with Gasteiger partial charge in [-0.15, -0.1) is 0 Å². The molecule has 1 N–H and O–H groups in total. The Morgan fingerprint density at radius 1 is 1.56 bits per heavy atom. The summed E-state index contributed by atoms with van der Waals surface area (Å²) in [4.78, 5) is 12.8. The van der Waals surface area contributed by atoms with E-state index in [2.05, 4.69) is 4.90 Å². The summed E-state index contributed by atoms with van der Waals surface area (Å²) in [5, 5.41) is 8.79. The molecule has 0 spiro atoms. The Morgan fingerprint density at radius 2 is 2.25 bits per heavy atom. The zero-order valence-electron chi connectivity index (χ0n) is 9.64. The minimum absolute atomic E-state index is 0.147. The van der Waals surface area contributed by atoms with Crippen LogP contribution in [0.3, 0.4) is 0 Å². The molecule has 4 nitrogen and oxygen atoms in total. The SMILES string of the molecule is Cc1ccc(CN(C)C2CC(C(=O)O)C2)o1. The van der Waals surface area contributed by atoms with Crippen molar-refractivity contribution in [2.45, 2.75) is 32.4 Å². The van der Waals surface area contributed by atoms with Crippen LogP contribution in [0.15, 0.2) is 16.5 Å². The highest BCUT2D eigenvalue weighted by Gasteiger charge is 2.36. The first kappa shape index (κ1) is 11.2. The van der Waals surface area contributed by atoms with Crippen LogP contribution in [-0.2, 0) is 11.3 Å². The van der Waals surface area contributed by atoms with Gasteiger partial charge in [-0.05, 0) is 38.9 Å². The van der Waals surface area contributed by atoms with Crippen LogP contribution >= 0.6 is 0 Å². The molecule has 1 fully saturated rings. The maximum atomic E-state index is 10.7. The van der Waals surface area contributed by atoms with Gasteiger partial charge in [-0.2, -0.15) is 0 Å². The van der Waals surface area contributed by atoms with Crippen molar-refractivity contribution in [3.05, 3.63) is 23.7 Å². The van der Waals surface area contributed by atoms with Crippen LogP contribution in [0, 0.1) is 12.8 Å². The van der Waals surface area contributed by atoms with Crippen LogP contribution in [0.1, 0.15) is 24.4 Å². The standard InChI is InChI=1S/C12H17NO3/c1-8-3-4-11(16-8)7-13(2)10-5-9(6-10)12(14)15/h3-4,9-10H,5-7H2,1-2H3,(H,14,15). The van der Waals surface area contributed by atoms with Gasteiger partial charge in [-0.1, -0.05) is 0 Å². The number of hydrogen-bond donors (Lipinski definition) is 1. The van der Waals surface area contributed by atoms with E-state index in [1.165, 1.54) is 0 Å². The average molecular weight is 223 g/mol. The van der Waals surface area contributed by atoms with Gasteiger partial charge in [0.2, 0.25) is 0 Å². The van der Waals surface area contributed by atoms with Crippen molar-refractivity contribution in [2.24, 2.45) is 5.92 Å². The molecule has 1 aliphatic rings. The van der Waals surface area contributed by atoms with E-state index in [-0.39, 0.29) is 5.92 Å². The van der Waals surface area contributed by atoms with Gasteiger partial charge in [0.15, 0.2) is 0 Å². The maximum Gasteiger partial charge on any atom is 0.306 e. The summed E-state index contributed by atoms with van der Waals surface area (Å²) in [6.45, 7) is 2.68. The fraction of sp³-hybridized carbons (Fsp3) is 0.583. The van der Waals surface area contributed by atoms with Crippen molar-refractivity contribution in [1.29, 1.82) is 0 Å². The molecule has 0 saturated heterocycles. The largest absolute Gasteiger partial charge is 0.481 e. The number of rotatable bonds is 4. The quantitative estimate of drug-likeness (QED) is 0.846. The molecule has 2 rings (SSSR count). The Labute approximate surface area is 94.9 Å². The number of furan rings is 1. The molecule has 0 atom stereocenters. The summed E-state index contributed by atoms with van der Waals surface area (Å²) >= 11 is 0. The second-order valence-corrected chi connectivity index (χ2v) is 4.59. The summed E-state index contributed by atoms with van der Waals surface area (Å²) in [6, 6.07) is 4.30. The lowest BCUT2D eigenvalue weighted by Crippen LogP contribution is -2.44. The Kier molecular flexibility index (Phi) is 3.01. The van der Waals surface area contributed by atoms with Gasteiger partial charge < -0.3 is 9.52 Å². The minimum atomic E-state index is -0.668. The third-order valence-electron chi connectivity index (χ3n) is 3.29. The third-order valence-corrected chi connectivity index (χ3v) is 3.29. The van der Waals surface area contributed by atoms with Crippen molar-refractivity contribution in [3.8, 4) is 0 Å². The monoisotopic (exact) mass is 223 g/mol. The van der Waals surface area contributed by atoms with Crippen molar-refractivity contribution < 1.29 is 14.3 Å². The molecule has 1 aromatic rings. The summed E-state index contributed by atoms with van der Waals surface area (Å²) in [7, 11) is 2.01. The first-order valence-electron chi connectivity index (χ1n) is 5.54. The highest BCUT2D eigenvalue weighted by molar-refractivity contribution is 5.71. The predicted molar refractivity (Wildman–Crippen MR) is 59.1 cm³/mol. The molecule has 1 aliphatic carbocycles. The Hall–Kier alpha value is -1.29. The summed E-state index contributed by atoms with van der Waals surface area (Å²) in [5.74, 6) is 1.04. The maximum absolute atomic E-state index is 10.7. The van der Waals surface area contributed by atoms with Crippen LogP contribution in [0.25, 0.3) is 0 Å². The first-order valence-corrected chi connectivity index (χ1v) is 5.54. The number of carboxylic acids is 1. The lowest BCUT2D eigenvalue weighted by Gasteiger charge is -2.38. The van der Waals surface area contributed by atoms with Gasteiger partial charge in [0.25, 0.3) is 0 Å². The van der Waals surface area contributed by atoms with Crippen molar-refractivity contribution in [1.82, 2.24) is 4.90 Å². The number of nitrogens with zero attached hydrogens (tertiary/aromatic N) is 1. The Balaban J connectivity index is 1.82. The van der Waals surface area contributed by atoms with E-state index >= 15 is 0 Å². The highest BCUT2D eigenvalue weighted by atomic mass is 16.4. The second kappa shape index (κ2) is 4.29. The van der Waals surface area contributed by atoms with Gasteiger partial charge in [-0.25, -0.2) is 0 Å². The number of carbonyl (C=O) groups is 1. The lowest BCUT2D eigenvalue weighted by molar-refractivity contribution is -0.146. The van der Waals surface area contributed by atoms with Gasteiger partial charge >= 0.3 is 5.97 Å². The number of carboxylic acid groups (broad SMARTS) is 1. The van der Waals surface area contributed by atoms with E-state index in [9.17, 15) is 4.79 Å². The van der Waals surface area contributed by atoms with Crippen LogP contribution in [0.4, 0.5) is 0 Å². The van der Waals surface area contributed by atoms with Crippen LogP contribution in [0.5, 0.6) is 0 Å². The number of aryl methyl sites for hydroxylation is 1. The normalized spacial score (nSPS) is 24.4. The van der Waals surface area contributed by atoms with Crippen molar-refractivity contribution in [3.63, 3.8) is 0 Å². The molecule has 0 unspecified atom stereocenters. The van der Waals surface area contributed by atoms with Gasteiger partial charge in [-0.3, -0.25) is 9.69 Å². The topological polar surface area (TPSA) is 53.7 Å². The zero-order chi connectivity index (χ0) is 11.7. The Bertz CT molecular complexity index is 379. The fourth-order valence-corrected chi connectivity index (χ4v) is 2.09. The van der Waals surface area contributed by atoms with Crippen molar-refractivity contribution in [2.75, 3.05) is 7.05 Å². The molecule has 0 aromatic carbocycles. The highest BCUT2D eigenvalue weighted by Crippen LogP contribution is 2.32. The molecule has 0 bridgehead atoms. The molecule has 1 heterocycles. The minimum Gasteiger partial charge on any atom is -0.481 e. The van der Waals surface area contributed by atoms with Gasteiger partial charge in [0.05, 0.1) is 12.5 Å².